The number of hydrogen-bond donors (Lipinski definition) is 3. The minimum atomic E-state index is -0.879. The quantitative estimate of drug-likeness (QED) is 0.235. The molecule has 11 heteroatoms. The van der Waals surface area contributed by atoms with E-state index in [1.54, 1.807) is 17.0 Å². The first-order valence-electron chi connectivity index (χ1n) is 17.3. The molecule has 2 aliphatic rings. The average molecular weight is 701 g/mol. The van der Waals surface area contributed by atoms with Crippen molar-refractivity contribution in [3.63, 3.8) is 0 Å². The molecule has 0 aromatic heterocycles. The Bertz CT molecular complexity index is 1420. The van der Waals surface area contributed by atoms with Gasteiger partial charge < -0.3 is 26.2 Å². The maximum Gasteiger partial charge on any atom is 0.245 e. The van der Waals surface area contributed by atoms with Crippen molar-refractivity contribution < 1.29 is 19.2 Å². The van der Waals surface area contributed by atoms with E-state index in [9.17, 15) is 19.2 Å². The van der Waals surface area contributed by atoms with Crippen LogP contribution in [-0.2, 0) is 32.0 Å². The minimum absolute atomic E-state index is 0.0652. The van der Waals surface area contributed by atoms with Crippen LogP contribution in [0.3, 0.4) is 0 Å². The second-order valence-electron chi connectivity index (χ2n) is 13.7. The molecule has 4 N–H and O–H groups in total. The van der Waals surface area contributed by atoms with E-state index in [2.05, 4.69) is 10.6 Å². The van der Waals surface area contributed by atoms with Crippen molar-refractivity contribution in [3.8, 4) is 0 Å². The van der Waals surface area contributed by atoms with E-state index < -0.39 is 16.9 Å². The Morgan fingerprint density at radius 1 is 0.875 bits per heavy atom. The number of benzene rings is 2. The third kappa shape index (κ3) is 9.73. The Balaban J connectivity index is 1.52. The van der Waals surface area contributed by atoms with Gasteiger partial charge in [0.05, 0.1) is 15.5 Å². The molecule has 0 spiro atoms. The van der Waals surface area contributed by atoms with Crippen molar-refractivity contribution in [2.75, 3.05) is 39.3 Å². The SMILES string of the molecule is CCNC(=O)[C@]1(Cc2ccccc2)CCCN(C(=O)C(Cc2ccc(Cl)c(Cl)c2)NC(=O)C2(C)CCN(C(=O)CCCCCN)CC2)C1. The maximum absolute atomic E-state index is 14.4. The van der Waals surface area contributed by atoms with E-state index in [1.807, 2.05) is 55.1 Å². The molecule has 2 aromatic rings. The van der Waals surface area contributed by atoms with Crippen LogP contribution in [0.25, 0.3) is 0 Å². The van der Waals surface area contributed by atoms with Crippen LogP contribution in [0.2, 0.25) is 10.0 Å². The van der Waals surface area contributed by atoms with Crippen molar-refractivity contribution in [2.24, 2.45) is 16.6 Å². The first-order valence-corrected chi connectivity index (χ1v) is 18.1. The Kier molecular flexibility index (Phi) is 13.7. The molecule has 2 fully saturated rings. The van der Waals surface area contributed by atoms with E-state index in [-0.39, 0.29) is 36.6 Å². The van der Waals surface area contributed by atoms with E-state index in [1.165, 1.54) is 0 Å². The Hall–Kier alpha value is -3.14. The molecule has 1 unspecified atom stereocenters. The fourth-order valence-corrected chi connectivity index (χ4v) is 7.27. The van der Waals surface area contributed by atoms with Gasteiger partial charge >= 0.3 is 0 Å². The highest BCUT2D eigenvalue weighted by molar-refractivity contribution is 6.42. The monoisotopic (exact) mass is 699 g/mol. The number of likely N-dealkylation sites (tertiary alicyclic amines) is 2. The van der Waals surface area contributed by atoms with Gasteiger partial charge in [0.25, 0.3) is 0 Å². The summed E-state index contributed by atoms with van der Waals surface area (Å²) in [7, 11) is 0. The molecule has 0 bridgehead atoms. The van der Waals surface area contributed by atoms with Crippen LogP contribution in [0.5, 0.6) is 0 Å². The maximum atomic E-state index is 14.4. The summed E-state index contributed by atoms with van der Waals surface area (Å²) in [6.07, 6.45) is 6.18. The molecule has 2 heterocycles. The highest BCUT2D eigenvalue weighted by Gasteiger charge is 2.45. The Morgan fingerprint density at radius 2 is 1.60 bits per heavy atom. The second-order valence-corrected chi connectivity index (χ2v) is 14.5. The third-order valence-corrected chi connectivity index (χ3v) is 10.7. The number of unbranched alkanes of at least 4 members (excludes halogenated alkanes) is 2. The van der Waals surface area contributed by atoms with Crippen LogP contribution >= 0.6 is 23.2 Å². The summed E-state index contributed by atoms with van der Waals surface area (Å²) < 4.78 is 0. The van der Waals surface area contributed by atoms with Crippen molar-refractivity contribution in [1.29, 1.82) is 0 Å². The van der Waals surface area contributed by atoms with E-state index in [0.717, 1.165) is 30.4 Å². The van der Waals surface area contributed by atoms with Gasteiger partial charge in [-0.1, -0.05) is 72.9 Å². The molecular weight excluding hydrogens is 649 g/mol. The molecular formula is C37H51Cl2N5O4. The van der Waals surface area contributed by atoms with Gasteiger partial charge in [0.15, 0.2) is 0 Å². The number of hydrogen-bond acceptors (Lipinski definition) is 5. The summed E-state index contributed by atoms with van der Waals surface area (Å²) in [5.41, 5.74) is 5.84. The van der Waals surface area contributed by atoms with Gasteiger partial charge in [-0.15, -0.1) is 0 Å². The third-order valence-electron chi connectivity index (χ3n) is 9.98. The Morgan fingerprint density at radius 3 is 2.27 bits per heavy atom. The number of amides is 4. The first kappa shape index (κ1) is 37.7. The average Bonchev–Trinajstić information content (AvgIpc) is 3.08. The van der Waals surface area contributed by atoms with Crippen molar-refractivity contribution in [1.82, 2.24) is 20.4 Å². The van der Waals surface area contributed by atoms with Crippen molar-refractivity contribution >= 4 is 46.8 Å². The fraction of sp³-hybridized carbons (Fsp3) is 0.568. The molecule has 4 rings (SSSR count). The molecule has 262 valence electrons. The lowest BCUT2D eigenvalue weighted by Gasteiger charge is -2.43. The molecule has 2 saturated heterocycles. The number of halogens is 2. The zero-order chi connectivity index (χ0) is 34.7. The number of nitrogens with zero attached hydrogens (tertiary/aromatic N) is 2. The van der Waals surface area contributed by atoms with E-state index in [4.69, 9.17) is 28.9 Å². The largest absolute Gasteiger partial charge is 0.356 e. The lowest BCUT2D eigenvalue weighted by atomic mass is 9.74. The fourth-order valence-electron chi connectivity index (χ4n) is 6.95. The van der Waals surface area contributed by atoms with Gasteiger partial charge in [0, 0.05) is 51.0 Å². The highest BCUT2D eigenvalue weighted by Crippen LogP contribution is 2.36. The van der Waals surface area contributed by atoms with Crippen molar-refractivity contribution in [2.45, 2.75) is 84.1 Å². The molecule has 2 aromatic carbocycles. The molecule has 2 aliphatic heterocycles. The first-order chi connectivity index (χ1) is 23.0. The van der Waals surface area contributed by atoms with Crippen LogP contribution in [0, 0.1) is 10.8 Å². The number of carbonyl (C=O) groups is 4. The lowest BCUT2D eigenvalue weighted by Crippen LogP contribution is -2.59. The van der Waals surface area contributed by atoms with Gasteiger partial charge in [-0.2, -0.15) is 0 Å². The molecule has 0 aliphatic carbocycles. The lowest BCUT2D eigenvalue weighted by molar-refractivity contribution is -0.146. The Labute approximate surface area is 295 Å². The van der Waals surface area contributed by atoms with Gasteiger partial charge in [-0.05, 0) is 81.7 Å². The summed E-state index contributed by atoms with van der Waals surface area (Å²) in [5, 5.41) is 6.90. The van der Waals surface area contributed by atoms with Gasteiger partial charge in [0.2, 0.25) is 23.6 Å². The van der Waals surface area contributed by atoms with Crippen LogP contribution < -0.4 is 16.4 Å². The van der Waals surface area contributed by atoms with E-state index in [0.29, 0.717) is 81.3 Å². The van der Waals surface area contributed by atoms with Crippen LogP contribution in [0.15, 0.2) is 48.5 Å². The number of nitrogens with one attached hydrogen (secondary N) is 2. The normalized spacial score (nSPS) is 19.8. The topological polar surface area (TPSA) is 125 Å². The number of carbonyl (C=O) groups excluding carboxylic acids is 4. The summed E-state index contributed by atoms with van der Waals surface area (Å²) >= 11 is 12.5. The molecule has 4 amide bonds. The summed E-state index contributed by atoms with van der Waals surface area (Å²) in [5.74, 6) is -0.403. The number of piperidine rings is 2. The van der Waals surface area contributed by atoms with Crippen molar-refractivity contribution in [3.05, 3.63) is 69.7 Å². The summed E-state index contributed by atoms with van der Waals surface area (Å²) in [6, 6.07) is 14.2. The predicted octanol–water partition coefficient (Wildman–Crippen LogP) is 5.16. The van der Waals surface area contributed by atoms with E-state index >= 15 is 0 Å². The minimum Gasteiger partial charge on any atom is -0.356 e. The van der Waals surface area contributed by atoms with Crippen LogP contribution in [-0.4, -0.2) is 78.7 Å². The molecule has 48 heavy (non-hydrogen) atoms. The second kappa shape index (κ2) is 17.5. The number of nitrogens with two attached hydrogens (primary N) is 1. The highest BCUT2D eigenvalue weighted by atomic mass is 35.5. The molecule has 0 radical (unpaired) electrons. The summed E-state index contributed by atoms with van der Waals surface area (Å²) in [6.45, 7) is 6.65. The van der Waals surface area contributed by atoms with Gasteiger partial charge in [-0.25, -0.2) is 0 Å². The number of rotatable bonds is 14. The van der Waals surface area contributed by atoms with Crippen LogP contribution in [0.1, 0.15) is 76.3 Å². The predicted molar refractivity (Wildman–Crippen MR) is 191 cm³/mol. The van der Waals surface area contributed by atoms with Gasteiger partial charge in [0.1, 0.15) is 6.04 Å². The van der Waals surface area contributed by atoms with Crippen LogP contribution in [0.4, 0.5) is 0 Å². The molecule has 0 saturated carbocycles. The summed E-state index contributed by atoms with van der Waals surface area (Å²) in [4.78, 5) is 58.5. The molecule has 2 atom stereocenters. The standard InChI is InChI=1S/C37H51Cl2N5O4/c1-3-41-35(48)37(25-27-11-6-4-7-12-27)16-10-20-44(26-37)33(46)31(24-28-14-15-29(38)30(39)23-28)42-34(47)36(2)17-21-43(22-18-36)32(45)13-8-5-9-19-40/h4,6-7,11-12,14-15,23,31H,3,5,8-10,13,16-22,24-26,40H2,1-2H3,(H,41,48)(H,42,47)/t31?,37-/m0/s1. The van der Waals surface area contributed by atoms with Gasteiger partial charge in [-0.3, -0.25) is 19.2 Å². The molecule has 9 nitrogen and oxygen atoms in total. The smallest absolute Gasteiger partial charge is 0.245 e. The zero-order valence-electron chi connectivity index (χ0n) is 28.4. The zero-order valence-corrected chi connectivity index (χ0v) is 29.9.